The predicted octanol–water partition coefficient (Wildman–Crippen LogP) is 1.54. The van der Waals surface area contributed by atoms with Gasteiger partial charge < -0.3 is 5.32 Å². The smallest absolute Gasteiger partial charge is 0.244 e. The molecule has 2 heterocycles. The van der Waals surface area contributed by atoms with Gasteiger partial charge in [-0.25, -0.2) is 13.1 Å². The Hall–Kier alpha value is -1.22. The van der Waals surface area contributed by atoms with E-state index < -0.39 is 10.0 Å². The molecule has 0 radical (unpaired) electrons. The number of aromatic nitrogens is 2. The molecule has 0 saturated carbocycles. The van der Waals surface area contributed by atoms with Gasteiger partial charge in [0, 0.05) is 18.0 Å². The number of aromatic amines is 1. The summed E-state index contributed by atoms with van der Waals surface area (Å²) in [6.45, 7) is 4.49. The largest absolute Gasteiger partial charge is 0.314 e. The summed E-state index contributed by atoms with van der Waals surface area (Å²) in [5, 5.41) is 11.7. The highest BCUT2D eigenvalue weighted by Gasteiger charge is 2.24. The molecule has 0 fully saturated rings. The summed E-state index contributed by atoms with van der Waals surface area (Å²) < 4.78 is 27.7. The minimum Gasteiger partial charge on any atom is -0.314 e. The van der Waals surface area contributed by atoms with E-state index in [1.807, 2.05) is 11.4 Å². The normalized spacial score (nSPS) is 12.0. The summed E-state index contributed by atoms with van der Waals surface area (Å²) in [4.78, 5) is 1.30. The summed E-state index contributed by atoms with van der Waals surface area (Å²) in [6, 6.07) is 2.03. The van der Waals surface area contributed by atoms with Crippen molar-refractivity contribution in [1.82, 2.24) is 20.2 Å². The van der Waals surface area contributed by atoms with Crippen molar-refractivity contribution in [3.63, 3.8) is 0 Å². The quantitative estimate of drug-likeness (QED) is 0.719. The zero-order valence-electron chi connectivity index (χ0n) is 12.4. The van der Waals surface area contributed by atoms with E-state index in [0.717, 1.165) is 11.3 Å². The minimum absolute atomic E-state index is 0.242. The lowest BCUT2D eigenvalue weighted by Gasteiger charge is -2.08. The molecule has 0 aromatic carbocycles. The van der Waals surface area contributed by atoms with E-state index >= 15 is 0 Å². The summed E-state index contributed by atoms with van der Waals surface area (Å²) in [5.74, 6) is 0. The Morgan fingerprint density at radius 1 is 1.38 bits per heavy atom. The lowest BCUT2D eigenvalue weighted by atomic mass is 10.2. The van der Waals surface area contributed by atoms with Gasteiger partial charge >= 0.3 is 0 Å². The Morgan fingerprint density at radius 2 is 2.14 bits per heavy atom. The second kappa shape index (κ2) is 6.69. The van der Waals surface area contributed by atoms with E-state index in [4.69, 9.17) is 0 Å². The molecule has 0 aliphatic carbocycles. The molecule has 3 N–H and O–H groups in total. The number of hydrogen-bond acceptors (Lipinski definition) is 5. The molecule has 0 unspecified atom stereocenters. The van der Waals surface area contributed by atoms with Crippen LogP contribution in [0, 0.1) is 6.92 Å². The first kappa shape index (κ1) is 16.2. The number of aryl methyl sites for hydroxylation is 2. The number of H-pyrrole nitrogens is 1. The van der Waals surface area contributed by atoms with Crippen LogP contribution >= 0.6 is 11.3 Å². The molecule has 116 valence electrons. The fourth-order valence-electron chi connectivity index (χ4n) is 2.18. The van der Waals surface area contributed by atoms with Gasteiger partial charge in [0.25, 0.3) is 0 Å². The molecular formula is C13H20N4O2S2. The lowest BCUT2D eigenvalue weighted by Crippen LogP contribution is -2.25. The van der Waals surface area contributed by atoms with E-state index in [1.165, 1.54) is 5.56 Å². The van der Waals surface area contributed by atoms with Crippen molar-refractivity contribution < 1.29 is 8.42 Å². The van der Waals surface area contributed by atoms with E-state index in [9.17, 15) is 8.42 Å². The van der Waals surface area contributed by atoms with E-state index in [2.05, 4.69) is 27.2 Å². The van der Waals surface area contributed by atoms with Gasteiger partial charge in [-0.1, -0.05) is 6.92 Å². The highest BCUT2D eigenvalue weighted by atomic mass is 32.2. The average Bonchev–Trinajstić information content (AvgIpc) is 3.03. The SMILES string of the molecule is CCc1ccsc1CNS(=O)(=O)c1c(CNC)n[nH]c1C. The summed E-state index contributed by atoms with van der Waals surface area (Å²) in [6.07, 6.45) is 0.899. The number of nitrogens with one attached hydrogen (secondary N) is 3. The monoisotopic (exact) mass is 328 g/mol. The molecule has 2 rings (SSSR count). The van der Waals surface area contributed by atoms with Crippen LogP contribution in [0.1, 0.15) is 28.8 Å². The number of sulfonamides is 1. The number of nitrogens with zero attached hydrogens (tertiary/aromatic N) is 1. The van der Waals surface area contributed by atoms with Crippen molar-refractivity contribution in [3.8, 4) is 0 Å². The Balaban J connectivity index is 2.21. The van der Waals surface area contributed by atoms with Crippen LogP contribution in [-0.2, 0) is 29.5 Å². The van der Waals surface area contributed by atoms with Gasteiger partial charge in [0.2, 0.25) is 10.0 Å². The van der Waals surface area contributed by atoms with Gasteiger partial charge in [0.15, 0.2) is 0 Å². The fourth-order valence-corrected chi connectivity index (χ4v) is 4.55. The average molecular weight is 328 g/mol. The molecule has 0 spiro atoms. The molecule has 6 nitrogen and oxygen atoms in total. The van der Waals surface area contributed by atoms with E-state index in [-0.39, 0.29) is 4.90 Å². The van der Waals surface area contributed by atoms with Gasteiger partial charge in [-0.3, -0.25) is 5.10 Å². The molecule has 0 amide bonds. The summed E-state index contributed by atoms with van der Waals surface area (Å²) >= 11 is 1.57. The van der Waals surface area contributed by atoms with Crippen LogP contribution < -0.4 is 10.0 Å². The van der Waals surface area contributed by atoms with Crippen LogP contribution in [0.4, 0.5) is 0 Å². The first-order valence-corrected chi connectivity index (χ1v) is 9.09. The van der Waals surface area contributed by atoms with Gasteiger partial charge in [-0.2, -0.15) is 5.10 Å². The number of rotatable bonds is 7. The van der Waals surface area contributed by atoms with Crippen molar-refractivity contribution in [3.05, 3.63) is 33.3 Å². The maximum absolute atomic E-state index is 12.5. The zero-order valence-corrected chi connectivity index (χ0v) is 14.0. The van der Waals surface area contributed by atoms with E-state index in [1.54, 1.807) is 25.3 Å². The van der Waals surface area contributed by atoms with Crippen molar-refractivity contribution in [2.24, 2.45) is 0 Å². The minimum atomic E-state index is -3.58. The zero-order chi connectivity index (χ0) is 15.5. The van der Waals surface area contributed by atoms with Crippen molar-refractivity contribution in [2.45, 2.75) is 38.3 Å². The van der Waals surface area contributed by atoms with E-state index in [0.29, 0.717) is 24.5 Å². The Kier molecular flexibility index (Phi) is 5.15. The highest BCUT2D eigenvalue weighted by molar-refractivity contribution is 7.89. The van der Waals surface area contributed by atoms with Crippen molar-refractivity contribution in [2.75, 3.05) is 7.05 Å². The molecule has 0 aliphatic heterocycles. The second-order valence-corrected chi connectivity index (χ2v) is 7.41. The molecule has 2 aromatic heterocycles. The Labute approximate surface area is 129 Å². The second-order valence-electron chi connectivity index (χ2n) is 4.70. The van der Waals surface area contributed by atoms with Crippen LogP contribution in [-0.4, -0.2) is 25.7 Å². The summed E-state index contributed by atoms with van der Waals surface area (Å²) in [5.41, 5.74) is 2.24. The third-order valence-corrected chi connectivity index (χ3v) is 5.78. The topological polar surface area (TPSA) is 86.9 Å². The molecule has 0 atom stereocenters. The molecule has 2 aromatic rings. The molecule has 8 heteroatoms. The number of thiophene rings is 1. The lowest BCUT2D eigenvalue weighted by molar-refractivity contribution is 0.579. The number of hydrogen-bond donors (Lipinski definition) is 3. The Morgan fingerprint density at radius 3 is 2.81 bits per heavy atom. The van der Waals surface area contributed by atoms with Crippen LogP contribution in [0.15, 0.2) is 16.3 Å². The van der Waals surface area contributed by atoms with Crippen molar-refractivity contribution >= 4 is 21.4 Å². The molecular weight excluding hydrogens is 308 g/mol. The van der Waals surface area contributed by atoms with Crippen LogP contribution in [0.25, 0.3) is 0 Å². The third kappa shape index (κ3) is 3.52. The Bertz CT molecular complexity index is 704. The van der Waals surface area contributed by atoms with Gasteiger partial charge in [0.1, 0.15) is 4.90 Å². The maximum Gasteiger partial charge on any atom is 0.244 e. The standard InChI is InChI=1S/C13H20N4O2S2/c1-4-10-5-6-20-12(10)8-15-21(18,19)13-9(2)16-17-11(13)7-14-3/h5-6,14-15H,4,7-8H2,1-3H3,(H,16,17). The molecule has 0 bridgehead atoms. The first-order valence-electron chi connectivity index (χ1n) is 6.73. The molecule has 0 aliphatic rings. The van der Waals surface area contributed by atoms with Crippen molar-refractivity contribution in [1.29, 1.82) is 0 Å². The first-order chi connectivity index (χ1) is 9.99. The third-order valence-electron chi connectivity index (χ3n) is 3.22. The fraction of sp³-hybridized carbons (Fsp3) is 0.462. The van der Waals surface area contributed by atoms with Crippen LogP contribution in [0.3, 0.4) is 0 Å². The summed E-state index contributed by atoms with van der Waals surface area (Å²) in [7, 11) is -1.82. The predicted molar refractivity (Wildman–Crippen MR) is 83.8 cm³/mol. The van der Waals surface area contributed by atoms with Crippen LogP contribution in [0.2, 0.25) is 0 Å². The van der Waals surface area contributed by atoms with Gasteiger partial charge in [-0.15, -0.1) is 11.3 Å². The highest BCUT2D eigenvalue weighted by Crippen LogP contribution is 2.20. The molecule has 0 saturated heterocycles. The van der Waals surface area contributed by atoms with Gasteiger partial charge in [0.05, 0.1) is 11.4 Å². The maximum atomic E-state index is 12.5. The van der Waals surface area contributed by atoms with Crippen LogP contribution in [0.5, 0.6) is 0 Å². The van der Waals surface area contributed by atoms with Gasteiger partial charge in [-0.05, 0) is 37.4 Å². The molecule has 21 heavy (non-hydrogen) atoms.